The van der Waals surface area contributed by atoms with Crippen molar-refractivity contribution in [2.75, 3.05) is 43.4 Å². The van der Waals surface area contributed by atoms with E-state index in [1.807, 2.05) is 12.1 Å². The Labute approximate surface area is 124 Å². The second-order valence-electron chi connectivity index (χ2n) is 5.81. The van der Waals surface area contributed by atoms with E-state index in [1.54, 1.807) is 13.1 Å². The fourth-order valence-electron chi connectivity index (χ4n) is 3.55. The zero-order chi connectivity index (χ0) is 14.8. The number of nitro groups is 1. The van der Waals surface area contributed by atoms with Gasteiger partial charge in [-0.15, -0.1) is 0 Å². The van der Waals surface area contributed by atoms with Gasteiger partial charge in [-0.25, -0.2) is 0 Å². The fraction of sp³-hybridized carbons (Fsp3) is 0.600. The quantitative estimate of drug-likeness (QED) is 0.683. The third-order valence-electron chi connectivity index (χ3n) is 4.64. The first-order valence-electron chi connectivity index (χ1n) is 7.65. The highest BCUT2D eigenvalue weighted by Gasteiger charge is 2.32. The van der Waals surface area contributed by atoms with Gasteiger partial charge in [0.2, 0.25) is 0 Å². The maximum absolute atomic E-state index is 11.5. The van der Waals surface area contributed by atoms with Crippen LogP contribution < -0.4 is 10.2 Å². The molecule has 0 amide bonds. The molecule has 1 aromatic rings. The summed E-state index contributed by atoms with van der Waals surface area (Å²) in [6, 6.07) is 6.07. The number of anilines is 2. The third kappa shape index (κ3) is 2.68. The predicted molar refractivity (Wildman–Crippen MR) is 84.1 cm³/mol. The van der Waals surface area contributed by atoms with Crippen LogP contribution in [-0.2, 0) is 0 Å². The van der Waals surface area contributed by atoms with Gasteiger partial charge < -0.3 is 10.2 Å². The highest BCUT2D eigenvalue weighted by molar-refractivity contribution is 5.77. The maximum atomic E-state index is 11.5. The molecule has 6 heteroatoms. The van der Waals surface area contributed by atoms with Crippen molar-refractivity contribution >= 4 is 17.1 Å². The van der Waals surface area contributed by atoms with E-state index in [0.717, 1.165) is 25.3 Å². The molecule has 1 unspecified atom stereocenters. The van der Waals surface area contributed by atoms with Crippen molar-refractivity contribution in [1.29, 1.82) is 0 Å². The molecule has 0 aromatic heterocycles. The van der Waals surface area contributed by atoms with Gasteiger partial charge in [0.15, 0.2) is 0 Å². The Hall–Kier alpha value is -1.82. The molecule has 0 spiro atoms. The van der Waals surface area contributed by atoms with Gasteiger partial charge in [0.1, 0.15) is 11.4 Å². The summed E-state index contributed by atoms with van der Waals surface area (Å²) in [4.78, 5) is 15.9. The first-order valence-corrected chi connectivity index (χ1v) is 7.65. The Bertz CT molecular complexity index is 534. The summed E-state index contributed by atoms with van der Waals surface area (Å²) in [6.45, 7) is 3.95. The molecule has 3 rings (SSSR count). The van der Waals surface area contributed by atoms with Crippen LogP contribution in [0.15, 0.2) is 18.2 Å². The van der Waals surface area contributed by atoms with Crippen molar-refractivity contribution in [3.05, 3.63) is 28.3 Å². The largest absolute Gasteiger partial charge is 0.382 e. The van der Waals surface area contributed by atoms with E-state index >= 15 is 0 Å². The van der Waals surface area contributed by atoms with Crippen molar-refractivity contribution in [1.82, 2.24) is 4.90 Å². The Morgan fingerprint density at radius 2 is 2.14 bits per heavy atom. The van der Waals surface area contributed by atoms with Crippen molar-refractivity contribution in [2.24, 2.45) is 0 Å². The van der Waals surface area contributed by atoms with Crippen molar-refractivity contribution in [3.8, 4) is 0 Å². The lowest BCUT2D eigenvalue weighted by molar-refractivity contribution is -0.383. The number of piperazine rings is 1. The van der Waals surface area contributed by atoms with E-state index < -0.39 is 0 Å². The van der Waals surface area contributed by atoms with Gasteiger partial charge in [0.05, 0.1) is 4.92 Å². The zero-order valence-corrected chi connectivity index (χ0v) is 12.4. The van der Waals surface area contributed by atoms with Crippen LogP contribution in [0.3, 0.4) is 0 Å². The van der Waals surface area contributed by atoms with Crippen LogP contribution in [0, 0.1) is 10.1 Å². The molecule has 1 aromatic carbocycles. The fourth-order valence-corrected chi connectivity index (χ4v) is 3.55. The first kappa shape index (κ1) is 14.1. The lowest BCUT2D eigenvalue weighted by Crippen LogP contribution is -2.55. The number of nitrogens with zero attached hydrogens (tertiary/aromatic N) is 3. The van der Waals surface area contributed by atoms with Crippen LogP contribution in [0.4, 0.5) is 17.1 Å². The van der Waals surface area contributed by atoms with Crippen molar-refractivity contribution in [2.45, 2.75) is 25.3 Å². The number of benzene rings is 1. The number of nitrogens with one attached hydrogen (secondary N) is 1. The highest BCUT2D eigenvalue weighted by atomic mass is 16.6. The Balaban J connectivity index is 1.88. The maximum Gasteiger partial charge on any atom is 0.315 e. The standard InChI is InChI=1S/C15H22N4O2/c1-16-13-6-4-7-14(15(13)19(20)21)18-10-9-17-8-3-2-5-12(17)11-18/h4,6-7,12,16H,2-3,5,8-11H2,1H3. The molecule has 2 fully saturated rings. The number of hydrogen-bond acceptors (Lipinski definition) is 5. The van der Waals surface area contributed by atoms with E-state index in [0.29, 0.717) is 11.7 Å². The number of para-hydroxylation sites is 1. The summed E-state index contributed by atoms with van der Waals surface area (Å²) < 4.78 is 0. The van der Waals surface area contributed by atoms with Crippen LogP contribution in [0.5, 0.6) is 0 Å². The molecule has 2 aliphatic rings. The summed E-state index contributed by atoms with van der Waals surface area (Å²) in [5.41, 5.74) is 1.53. The van der Waals surface area contributed by atoms with E-state index in [1.165, 1.54) is 25.8 Å². The summed E-state index contributed by atoms with van der Waals surface area (Å²) in [6.07, 6.45) is 3.76. The van der Waals surface area contributed by atoms with Crippen molar-refractivity contribution < 1.29 is 4.92 Å². The minimum Gasteiger partial charge on any atom is -0.382 e. The number of nitro benzene ring substituents is 1. The molecule has 2 aliphatic heterocycles. The number of rotatable bonds is 3. The molecular formula is C15H22N4O2. The van der Waals surface area contributed by atoms with E-state index in [-0.39, 0.29) is 10.6 Å². The molecule has 1 N–H and O–H groups in total. The number of fused-ring (bicyclic) bond motifs is 1. The van der Waals surface area contributed by atoms with Crippen LogP contribution in [0.2, 0.25) is 0 Å². The molecular weight excluding hydrogens is 268 g/mol. The van der Waals surface area contributed by atoms with Crippen LogP contribution >= 0.6 is 0 Å². The Kier molecular flexibility index (Phi) is 3.96. The molecule has 114 valence electrons. The average Bonchev–Trinajstić information content (AvgIpc) is 2.53. The van der Waals surface area contributed by atoms with Gasteiger partial charge in [-0.05, 0) is 31.5 Å². The summed E-state index contributed by atoms with van der Waals surface area (Å²) >= 11 is 0. The molecule has 2 saturated heterocycles. The average molecular weight is 290 g/mol. The first-order chi connectivity index (χ1) is 10.2. The van der Waals surface area contributed by atoms with E-state index in [2.05, 4.69) is 15.1 Å². The molecule has 0 bridgehead atoms. The Morgan fingerprint density at radius 3 is 2.90 bits per heavy atom. The lowest BCUT2D eigenvalue weighted by Gasteiger charge is -2.44. The number of piperidine rings is 1. The minimum atomic E-state index is -0.269. The van der Waals surface area contributed by atoms with Gasteiger partial charge in [-0.1, -0.05) is 12.5 Å². The molecule has 6 nitrogen and oxygen atoms in total. The van der Waals surface area contributed by atoms with Gasteiger partial charge in [0, 0.05) is 32.7 Å². The SMILES string of the molecule is CNc1cccc(N2CCN3CCCCC3C2)c1[N+](=O)[O-]. The van der Waals surface area contributed by atoms with E-state index in [4.69, 9.17) is 0 Å². The lowest BCUT2D eigenvalue weighted by atomic mass is 9.99. The summed E-state index contributed by atoms with van der Waals surface area (Å²) in [7, 11) is 1.73. The molecule has 0 saturated carbocycles. The molecule has 21 heavy (non-hydrogen) atoms. The monoisotopic (exact) mass is 290 g/mol. The van der Waals surface area contributed by atoms with Crippen LogP contribution in [0.25, 0.3) is 0 Å². The smallest absolute Gasteiger partial charge is 0.315 e. The Morgan fingerprint density at radius 1 is 1.29 bits per heavy atom. The minimum absolute atomic E-state index is 0.198. The molecule has 0 radical (unpaired) electrons. The summed E-state index contributed by atoms with van der Waals surface area (Å²) in [5, 5.41) is 14.4. The highest BCUT2D eigenvalue weighted by Crippen LogP contribution is 2.36. The van der Waals surface area contributed by atoms with Gasteiger partial charge >= 0.3 is 5.69 Å². The summed E-state index contributed by atoms with van der Waals surface area (Å²) in [5.74, 6) is 0. The van der Waals surface area contributed by atoms with Gasteiger partial charge in [-0.2, -0.15) is 0 Å². The second-order valence-corrected chi connectivity index (χ2v) is 5.81. The molecule has 1 atom stereocenters. The topological polar surface area (TPSA) is 61.6 Å². The van der Waals surface area contributed by atoms with Gasteiger partial charge in [0.25, 0.3) is 0 Å². The normalized spacial score (nSPS) is 22.7. The van der Waals surface area contributed by atoms with Gasteiger partial charge in [-0.3, -0.25) is 15.0 Å². The van der Waals surface area contributed by atoms with Crippen molar-refractivity contribution in [3.63, 3.8) is 0 Å². The van der Waals surface area contributed by atoms with Crippen LogP contribution in [-0.4, -0.2) is 49.1 Å². The zero-order valence-electron chi connectivity index (χ0n) is 12.4. The third-order valence-corrected chi connectivity index (χ3v) is 4.64. The second kappa shape index (κ2) is 5.89. The van der Waals surface area contributed by atoms with Crippen LogP contribution in [0.1, 0.15) is 19.3 Å². The number of hydrogen-bond donors (Lipinski definition) is 1. The molecule has 0 aliphatic carbocycles. The predicted octanol–water partition coefficient (Wildman–Crippen LogP) is 2.31. The molecule has 2 heterocycles. The van der Waals surface area contributed by atoms with E-state index in [9.17, 15) is 10.1 Å².